The van der Waals surface area contributed by atoms with Crippen molar-refractivity contribution in [3.8, 4) is 0 Å². The van der Waals surface area contributed by atoms with Crippen molar-refractivity contribution in [2.24, 2.45) is 0 Å². The van der Waals surface area contributed by atoms with Crippen LogP contribution in [0.3, 0.4) is 0 Å². The number of rotatable bonds is 4. The van der Waals surface area contributed by atoms with Gasteiger partial charge in [-0.2, -0.15) is 0 Å². The lowest BCUT2D eigenvalue weighted by Gasteiger charge is -2.05. The first kappa shape index (κ1) is 16.4. The van der Waals surface area contributed by atoms with Gasteiger partial charge in [0.2, 0.25) is 5.91 Å². The molecule has 25 heavy (non-hydrogen) atoms. The Balaban J connectivity index is 1.71. The van der Waals surface area contributed by atoms with Crippen molar-refractivity contribution in [1.82, 2.24) is 10.3 Å². The fraction of sp³-hybridized carbons (Fsp3) is 0.0500. The van der Waals surface area contributed by atoms with Crippen LogP contribution in [-0.4, -0.2) is 23.8 Å². The highest BCUT2D eigenvalue weighted by Gasteiger charge is 2.04. The molecule has 0 atom stereocenters. The average Bonchev–Trinajstić information content (AvgIpc) is 2.66. The van der Waals surface area contributed by atoms with Gasteiger partial charge in [-0.1, -0.05) is 30.3 Å². The predicted molar refractivity (Wildman–Crippen MR) is 99.2 cm³/mol. The first-order valence-corrected chi connectivity index (χ1v) is 7.82. The van der Waals surface area contributed by atoms with Crippen molar-refractivity contribution in [3.63, 3.8) is 0 Å². The number of nitrogens with zero attached hydrogens (tertiary/aromatic N) is 1. The molecule has 3 aromatic rings. The van der Waals surface area contributed by atoms with Crippen LogP contribution in [0.15, 0.2) is 66.9 Å². The zero-order chi connectivity index (χ0) is 17.6. The van der Waals surface area contributed by atoms with Crippen molar-refractivity contribution in [3.05, 3.63) is 78.0 Å². The average molecular weight is 331 g/mol. The molecule has 0 aliphatic rings. The minimum atomic E-state index is -0.242. The van der Waals surface area contributed by atoms with Crippen LogP contribution in [0.25, 0.3) is 17.0 Å². The number of aromatic nitrogens is 1. The van der Waals surface area contributed by atoms with Gasteiger partial charge in [-0.25, -0.2) is 0 Å². The van der Waals surface area contributed by atoms with Crippen LogP contribution in [0.1, 0.15) is 15.9 Å². The lowest BCUT2D eigenvalue weighted by molar-refractivity contribution is -0.111. The van der Waals surface area contributed by atoms with Crippen LogP contribution in [0.2, 0.25) is 0 Å². The van der Waals surface area contributed by atoms with E-state index in [-0.39, 0.29) is 11.8 Å². The number of hydrogen-bond donors (Lipinski definition) is 2. The number of para-hydroxylation sites is 1. The molecule has 0 fully saturated rings. The van der Waals surface area contributed by atoms with E-state index in [4.69, 9.17) is 0 Å². The number of benzene rings is 2. The Kier molecular flexibility index (Phi) is 4.85. The molecule has 2 aromatic carbocycles. The van der Waals surface area contributed by atoms with Crippen LogP contribution in [0.5, 0.6) is 0 Å². The molecular formula is C20H17N3O2. The van der Waals surface area contributed by atoms with Crippen LogP contribution >= 0.6 is 0 Å². The zero-order valence-electron chi connectivity index (χ0n) is 13.7. The summed E-state index contributed by atoms with van der Waals surface area (Å²) in [6, 6.07) is 16.4. The lowest BCUT2D eigenvalue weighted by Crippen LogP contribution is -2.17. The Bertz CT molecular complexity index is 941. The van der Waals surface area contributed by atoms with Gasteiger partial charge in [0.1, 0.15) is 0 Å². The van der Waals surface area contributed by atoms with Crippen LogP contribution in [0, 0.1) is 0 Å². The second kappa shape index (κ2) is 7.40. The molecule has 1 heterocycles. The van der Waals surface area contributed by atoms with Crippen LogP contribution < -0.4 is 10.6 Å². The van der Waals surface area contributed by atoms with Gasteiger partial charge in [-0.3, -0.25) is 14.6 Å². The highest BCUT2D eigenvalue weighted by atomic mass is 16.2. The third-order valence-corrected chi connectivity index (χ3v) is 3.72. The molecular weight excluding hydrogens is 314 g/mol. The molecule has 0 aliphatic heterocycles. The molecule has 3 rings (SSSR count). The van der Waals surface area contributed by atoms with Gasteiger partial charge < -0.3 is 10.6 Å². The highest BCUT2D eigenvalue weighted by Crippen LogP contribution is 2.20. The summed E-state index contributed by atoms with van der Waals surface area (Å²) in [5.41, 5.74) is 2.83. The number of anilines is 1. The Morgan fingerprint density at radius 1 is 1.00 bits per heavy atom. The van der Waals surface area contributed by atoms with E-state index < -0.39 is 0 Å². The topological polar surface area (TPSA) is 71.1 Å². The second-order valence-corrected chi connectivity index (χ2v) is 5.40. The molecule has 0 saturated carbocycles. The molecule has 5 nitrogen and oxygen atoms in total. The Labute approximate surface area is 145 Å². The predicted octanol–water partition coefficient (Wildman–Crippen LogP) is 3.25. The van der Waals surface area contributed by atoms with Crippen molar-refractivity contribution in [2.75, 3.05) is 12.4 Å². The maximum Gasteiger partial charge on any atom is 0.251 e. The third-order valence-electron chi connectivity index (χ3n) is 3.72. The second-order valence-electron chi connectivity index (χ2n) is 5.40. The molecule has 124 valence electrons. The standard InChI is InChI=1S/C20H17N3O2/c1-21-20(25)16-10-7-14(8-11-16)9-12-18(24)23-17-6-2-4-15-5-3-13-22-19(15)17/h2-13H,1H3,(H,21,25)(H,23,24)/b12-9+. The molecule has 0 aliphatic carbocycles. The largest absolute Gasteiger partial charge is 0.355 e. The summed E-state index contributed by atoms with van der Waals surface area (Å²) < 4.78 is 0. The first-order valence-electron chi connectivity index (χ1n) is 7.82. The van der Waals surface area contributed by atoms with E-state index in [0.29, 0.717) is 11.3 Å². The van der Waals surface area contributed by atoms with E-state index in [1.807, 2.05) is 30.3 Å². The van der Waals surface area contributed by atoms with E-state index in [1.54, 1.807) is 43.6 Å². The summed E-state index contributed by atoms with van der Waals surface area (Å²) in [7, 11) is 1.59. The van der Waals surface area contributed by atoms with Crippen molar-refractivity contribution < 1.29 is 9.59 Å². The number of amides is 2. The van der Waals surface area contributed by atoms with E-state index >= 15 is 0 Å². The van der Waals surface area contributed by atoms with Crippen molar-refractivity contribution in [1.29, 1.82) is 0 Å². The van der Waals surface area contributed by atoms with Gasteiger partial charge in [0.15, 0.2) is 0 Å². The minimum Gasteiger partial charge on any atom is -0.355 e. The van der Waals surface area contributed by atoms with Gasteiger partial charge in [-0.05, 0) is 35.9 Å². The fourth-order valence-electron chi connectivity index (χ4n) is 2.44. The number of hydrogen-bond acceptors (Lipinski definition) is 3. The zero-order valence-corrected chi connectivity index (χ0v) is 13.7. The Morgan fingerprint density at radius 3 is 2.52 bits per heavy atom. The fourth-order valence-corrected chi connectivity index (χ4v) is 2.44. The van der Waals surface area contributed by atoms with Gasteiger partial charge in [0.05, 0.1) is 11.2 Å². The van der Waals surface area contributed by atoms with E-state index in [9.17, 15) is 9.59 Å². The number of carbonyl (C=O) groups is 2. The maximum absolute atomic E-state index is 12.2. The van der Waals surface area contributed by atoms with E-state index in [0.717, 1.165) is 16.5 Å². The Hall–Kier alpha value is -3.47. The molecule has 2 amide bonds. The maximum atomic E-state index is 12.2. The summed E-state index contributed by atoms with van der Waals surface area (Å²) in [4.78, 5) is 28.0. The molecule has 0 saturated heterocycles. The summed E-state index contributed by atoms with van der Waals surface area (Å²) in [5, 5.41) is 6.37. The van der Waals surface area contributed by atoms with E-state index in [2.05, 4.69) is 15.6 Å². The quantitative estimate of drug-likeness (QED) is 0.721. The third kappa shape index (κ3) is 3.90. The smallest absolute Gasteiger partial charge is 0.251 e. The SMILES string of the molecule is CNC(=O)c1ccc(/C=C/C(=O)Nc2cccc3cccnc23)cc1. The molecule has 0 radical (unpaired) electrons. The van der Waals surface area contributed by atoms with Crippen molar-refractivity contribution in [2.45, 2.75) is 0 Å². The van der Waals surface area contributed by atoms with Crippen LogP contribution in [-0.2, 0) is 4.79 Å². The van der Waals surface area contributed by atoms with Gasteiger partial charge >= 0.3 is 0 Å². The van der Waals surface area contributed by atoms with Crippen molar-refractivity contribution >= 4 is 34.5 Å². The highest BCUT2D eigenvalue weighted by molar-refractivity contribution is 6.06. The number of carbonyl (C=O) groups excluding carboxylic acids is 2. The first-order chi connectivity index (χ1) is 12.2. The Morgan fingerprint density at radius 2 is 1.76 bits per heavy atom. The molecule has 0 spiro atoms. The lowest BCUT2D eigenvalue weighted by atomic mass is 10.1. The van der Waals surface area contributed by atoms with Gasteiger partial charge in [0, 0.05) is 30.3 Å². The molecule has 0 bridgehead atoms. The summed E-state index contributed by atoms with van der Waals surface area (Å²) in [6.07, 6.45) is 4.85. The normalized spacial score (nSPS) is 10.8. The van der Waals surface area contributed by atoms with Crippen LogP contribution in [0.4, 0.5) is 5.69 Å². The van der Waals surface area contributed by atoms with E-state index in [1.165, 1.54) is 6.08 Å². The monoisotopic (exact) mass is 331 g/mol. The van der Waals surface area contributed by atoms with Gasteiger partial charge in [-0.15, -0.1) is 0 Å². The number of nitrogens with one attached hydrogen (secondary N) is 2. The van der Waals surface area contributed by atoms with Gasteiger partial charge in [0.25, 0.3) is 5.91 Å². The molecule has 1 aromatic heterocycles. The summed E-state index contributed by atoms with van der Waals surface area (Å²) in [6.45, 7) is 0. The number of fused-ring (bicyclic) bond motifs is 1. The number of pyridine rings is 1. The molecule has 2 N–H and O–H groups in total. The minimum absolute atomic E-state index is 0.142. The summed E-state index contributed by atoms with van der Waals surface area (Å²) >= 11 is 0. The molecule has 5 heteroatoms. The summed E-state index contributed by atoms with van der Waals surface area (Å²) in [5.74, 6) is -0.384. The molecule has 0 unspecified atom stereocenters.